The van der Waals surface area contributed by atoms with Crippen LogP contribution in [-0.2, 0) is 16.6 Å². The van der Waals surface area contributed by atoms with Crippen LogP contribution < -0.4 is 10.6 Å². The number of carbonyl (C=O) groups is 1. The normalized spacial score (nSPS) is 20.4. The number of piperidine rings is 1. The zero-order chi connectivity index (χ0) is 16.4. The van der Waals surface area contributed by atoms with Crippen LogP contribution in [0, 0.1) is 6.92 Å². The minimum absolute atomic E-state index is 0.0195. The predicted molar refractivity (Wildman–Crippen MR) is 85.2 cm³/mol. The van der Waals surface area contributed by atoms with Crippen molar-refractivity contribution in [3.8, 4) is 0 Å². The van der Waals surface area contributed by atoms with Crippen LogP contribution in [-0.4, -0.2) is 53.3 Å². The van der Waals surface area contributed by atoms with Crippen LogP contribution in [0.5, 0.6) is 0 Å². The summed E-state index contributed by atoms with van der Waals surface area (Å²) in [5, 5.41) is 12.3. The van der Waals surface area contributed by atoms with E-state index >= 15 is 0 Å². The highest BCUT2D eigenvalue weighted by Gasteiger charge is 2.41. The van der Waals surface area contributed by atoms with E-state index < -0.39 is 10.0 Å². The summed E-state index contributed by atoms with van der Waals surface area (Å²) in [5.41, 5.74) is 1.88. The van der Waals surface area contributed by atoms with Crippen LogP contribution in [0.4, 0.5) is 4.79 Å². The van der Waals surface area contributed by atoms with Gasteiger partial charge in [0, 0.05) is 36.9 Å². The summed E-state index contributed by atoms with van der Waals surface area (Å²) in [5.74, 6) is 0. The zero-order valence-corrected chi connectivity index (χ0v) is 14.0. The first-order valence-corrected chi connectivity index (χ1v) is 9.49. The van der Waals surface area contributed by atoms with E-state index in [0.717, 1.165) is 24.1 Å². The summed E-state index contributed by atoms with van der Waals surface area (Å²) in [7, 11) is -3.09. The molecule has 0 radical (unpaired) electrons. The number of aromatic amines is 1. The quantitative estimate of drug-likeness (QED) is 0.724. The monoisotopic (exact) mass is 341 g/mol. The lowest BCUT2D eigenvalue weighted by molar-refractivity contribution is 0.227. The molecule has 1 saturated heterocycles. The second-order valence-corrected chi connectivity index (χ2v) is 8.48. The number of sulfonamides is 1. The maximum atomic E-state index is 12.2. The van der Waals surface area contributed by atoms with E-state index in [9.17, 15) is 13.2 Å². The lowest BCUT2D eigenvalue weighted by Crippen LogP contribution is -2.49. The van der Waals surface area contributed by atoms with E-state index in [4.69, 9.17) is 0 Å². The third kappa shape index (κ3) is 3.84. The Morgan fingerprint density at radius 1 is 1.35 bits per heavy atom. The Balaban J connectivity index is 1.41. The van der Waals surface area contributed by atoms with Crippen LogP contribution in [0.25, 0.3) is 0 Å². The standard InChI is InChI=1S/C14H23N5O3S/c1-10-11(9-16-18-10)8-15-14(20)17-12-4-6-19(7-5-12)23(21,22)13-2-3-13/h9,12-13H,2-8H2,1H3,(H,16,18)(H2,15,17,20). The average Bonchev–Trinajstić information content (AvgIpc) is 3.30. The Bertz CT molecular complexity index is 660. The molecule has 0 bridgehead atoms. The molecule has 2 amide bonds. The Morgan fingerprint density at radius 2 is 2.04 bits per heavy atom. The number of nitrogens with zero attached hydrogens (tertiary/aromatic N) is 2. The van der Waals surface area contributed by atoms with Crippen molar-refractivity contribution < 1.29 is 13.2 Å². The van der Waals surface area contributed by atoms with Gasteiger partial charge in [0.1, 0.15) is 0 Å². The number of hydrogen-bond donors (Lipinski definition) is 3. The fourth-order valence-electron chi connectivity index (χ4n) is 2.80. The molecule has 0 aromatic carbocycles. The second kappa shape index (κ2) is 6.48. The van der Waals surface area contributed by atoms with Gasteiger partial charge < -0.3 is 10.6 Å². The highest BCUT2D eigenvalue weighted by molar-refractivity contribution is 7.90. The molecule has 2 heterocycles. The predicted octanol–water partition coefficient (Wildman–Crippen LogP) is 0.474. The smallest absolute Gasteiger partial charge is 0.315 e. The minimum Gasteiger partial charge on any atom is -0.335 e. The van der Waals surface area contributed by atoms with Crippen molar-refractivity contribution in [1.29, 1.82) is 0 Å². The van der Waals surface area contributed by atoms with Crippen molar-refractivity contribution in [2.24, 2.45) is 0 Å². The number of urea groups is 1. The SMILES string of the molecule is Cc1[nH]ncc1CNC(=O)NC1CCN(S(=O)(=O)C2CC2)CC1. The molecule has 128 valence electrons. The van der Waals surface area contributed by atoms with Gasteiger partial charge in [-0.2, -0.15) is 5.10 Å². The summed E-state index contributed by atoms with van der Waals surface area (Å²) >= 11 is 0. The maximum absolute atomic E-state index is 12.2. The lowest BCUT2D eigenvalue weighted by Gasteiger charge is -2.31. The average molecular weight is 341 g/mol. The van der Waals surface area contributed by atoms with Crippen molar-refractivity contribution in [3.05, 3.63) is 17.5 Å². The lowest BCUT2D eigenvalue weighted by atomic mass is 10.1. The van der Waals surface area contributed by atoms with Crippen molar-refractivity contribution in [1.82, 2.24) is 25.1 Å². The largest absolute Gasteiger partial charge is 0.335 e. The van der Waals surface area contributed by atoms with Gasteiger partial charge in [0.2, 0.25) is 10.0 Å². The Hall–Kier alpha value is -1.61. The molecule has 3 N–H and O–H groups in total. The number of aryl methyl sites for hydroxylation is 1. The Morgan fingerprint density at radius 3 is 2.61 bits per heavy atom. The Kier molecular flexibility index (Phi) is 4.58. The van der Waals surface area contributed by atoms with Gasteiger partial charge in [0.15, 0.2) is 0 Å². The molecule has 8 nitrogen and oxygen atoms in total. The molecular formula is C14H23N5O3S. The Labute approximate surface area is 136 Å². The molecule has 1 aromatic heterocycles. The molecule has 9 heteroatoms. The summed E-state index contributed by atoms with van der Waals surface area (Å²) in [6.07, 6.45) is 4.58. The van der Waals surface area contributed by atoms with Gasteiger partial charge in [-0.15, -0.1) is 0 Å². The first-order chi connectivity index (χ1) is 11.0. The van der Waals surface area contributed by atoms with Crippen LogP contribution in [0.1, 0.15) is 36.9 Å². The number of amides is 2. The fourth-order valence-corrected chi connectivity index (χ4v) is 4.67. The first kappa shape index (κ1) is 16.3. The number of aromatic nitrogens is 2. The van der Waals surface area contributed by atoms with Gasteiger partial charge in [-0.1, -0.05) is 0 Å². The van der Waals surface area contributed by atoms with Gasteiger partial charge >= 0.3 is 6.03 Å². The van der Waals surface area contributed by atoms with E-state index in [2.05, 4.69) is 20.8 Å². The van der Waals surface area contributed by atoms with Gasteiger partial charge in [-0.25, -0.2) is 17.5 Å². The van der Waals surface area contributed by atoms with E-state index in [-0.39, 0.29) is 17.3 Å². The molecule has 0 unspecified atom stereocenters. The highest BCUT2D eigenvalue weighted by atomic mass is 32.2. The zero-order valence-electron chi connectivity index (χ0n) is 13.2. The van der Waals surface area contributed by atoms with Gasteiger partial charge in [0.25, 0.3) is 0 Å². The summed E-state index contributed by atoms with van der Waals surface area (Å²) in [4.78, 5) is 11.9. The third-order valence-electron chi connectivity index (χ3n) is 4.47. The van der Waals surface area contributed by atoms with Crippen molar-refractivity contribution in [3.63, 3.8) is 0 Å². The highest BCUT2D eigenvalue weighted by Crippen LogP contribution is 2.32. The van der Waals surface area contributed by atoms with Crippen LogP contribution >= 0.6 is 0 Å². The number of nitrogens with one attached hydrogen (secondary N) is 3. The molecule has 1 aliphatic carbocycles. The van der Waals surface area contributed by atoms with E-state index in [1.54, 1.807) is 10.5 Å². The van der Waals surface area contributed by atoms with Crippen molar-refractivity contribution >= 4 is 16.1 Å². The molecule has 2 aliphatic rings. The number of hydrogen-bond acceptors (Lipinski definition) is 4. The fraction of sp³-hybridized carbons (Fsp3) is 0.714. The van der Waals surface area contributed by atoms with E-state index in [1.807, 2.05) is 6.92 Å². The van der Waals surface area contributed by atoms with E-state index in [1.165, 1.54) is 0 Å². The first-order valence-electron chi connectivity index (χ1n) is 7.99. The van der Waals surface area contributed by atoms with Crippen molar-refractivity contribution in [2.45, 2.75) is 50.4 Å². The second-order valence-electron chi connectivity index (χ2n) is 6.26. The van der Waals surface area contributed by atoms with Crippen molar-refractivity contribution in [2.75, 3.05) is 13.1 Å². The molecule has 23 heavy (non-hydrogen) atoms. The molecule has 0 atom stereocenters. The summed E-state index contributed by atoms with van der Waals surface area (Å²) in [6.45, 7) is 3.30. The topological polar surface area (TPSA) is 107 Å². The maximum Gasteiger partial charge on any atom is 0.315 e. The molecule has 1 saturated carbocycles. The van der Waals surface area contributed by atoms with Crippen LogP contribution in [0.2, 0.25) is 0 Å². The number of rotatable bonds is 5. The third-order valence-corrected chi connectivity index (χ3v) is 6.87. The molecule has 2 fully saturated rings. The molecule has 1 aliphatic heterocycles. The molecule has 3 rings (SSSR count). The molecule has 1 aromatic rings. The molecule has 0 spiro atoms. The summed E-state index contributed by atoms with van der Waals surface area (Å²) in [6, 6.07) is -0.208. The van der Waals surface area contributed by atoms with Crippen LogP contribution in [0.3, 0.4) is 0 Å². The summed E-state index contributed by atoms with van der Waals surface area (Å²) < 4.78 is 25.9. The van der Waals surface area contributed by atoms with Gasteiger partial charge in [-0.3, -0.25) is 5.10 Å². The number of carbonyl (C=O) groups excluding carboxylic acids is 1. The molecular weight excluding hydrogens is 318 g/mol. The van der Waals surface area contributed by atoms with E-state index in [0.29, 0.717) is 32.5 Å². The van der Waals surface area contributed by atoms with Gasteiger partial charge in [0.05, 0.1) is 11.4 Å². The van der Waals surface area contributed by atoms with Crippen LogP contribution in [0.15, 0.2) is 6.20 Å². The van der Waals surface area contributed by atoms with Gasteiger partial charge in [-0.05, 0) is 32.6 Å². The number of H-pyrrole nitrogens is 1. The minimum atomic E-state index is -3.09.